The van der Waals surface area contributed by atoms with Crippen molar-refractivity contribution in [3.05, 3.63) is 0 Å². The van der Waals surface area contributed by atoms with Gasteiger partial charge in [-0.2, -0.15) is 0 Å². The van der Waals surface area contributed by atoms with Crippen molar-refractivity contribution in [3.8, 4) is 0 Å². The van der Waals surface area contributed by atoms with Crippen LogP contribution >= 0.6 is 0 Å². The summed E-state index contributed by atoms with van der Waals surface area (Å²) in [5.41, 5.74) is 0. The van der Waals surface area contributed by atoms with Crippen molar-refractivity contribution in [2.45, 2.75) is 0 Å². The van der Waals surface area contributed by atoms with Crippen LogP contribution < -0.4 is 0 Å². The predicted octanol–water partition coefficient (Wildman–Crippen LogP) is -3.55. The van der Waals surface area contributed by atoms with E-state index in [2.05, 4.69) is 0 Å². The molecule has 0 rings (SSSR count). The summed E-state index contributed by atoms with van der Waals surface area (Å²) in [5.74, 6) is 0. The Labute approximate surface area is 55.9 Å². The molecule has 0 radical (unpaired) electrons. The van der Waals surface area contributed by atoms with Crippen LogP contribution in [0.5, 0.6) is 0 Å². The minimum atomic E-state index is 0. The van der Waals surface area contributed by atoms with E-state index in [-0.39, 0.29) is 55.9 Å². The van der Waals surface area contributed by atoms with E-state index in [1.165, 1.54) is 0 Å². The molecule has 0 aliphatic heterocycles. The molecule has 0 spiro atoms. The Balaban J connectivity index is 0. The molecule has 0 fully saturated rings. The monoisotopic (exact) mass is 106 g/mol. The summed E-state index contributed by atoms with van der Waals surface area (Å²) in [6, 6.07) is 0. The molecule has 0 aromatic rings. The fourth-order valence-corrected chi connectivity index (χ4v) is 0. The Morgan fingerprint density at radius 2 is 0.750 bits per heavy atom. The smallest absolute Gasteiger partial charge is 0 e. The van der Waals surface area contributed by atoms with E-state index in [9.17, 15) is 0 Å². The van der Waals surface area contributed by atoms with Gasteiger partial charge >= 0.3 is 0 Å². The maximum atomic E-state index is 0. The van der Waals surface area contributed by atoms with Gasteiger partial charge in [0.1, 0.15) is 0 Å². The molecule has 0 aliphatic carbocycles. The van der Waals surface area contributed by atoms with Gasteiger partial charge in [0.25, 0.3) is 0 Å². The zero-order valence-electron chi connectivity index (χ0n) is 0.500. The van der Waals surface area contributed by atoms with Gasteiger partial charge in [-0.15, -0.1) is 0 Å². The van der Waals surface area contributed by atoms with Crippen LogP contribution in [-0.4, -0.2) is 34.2 Å². The van der Waals surface area contributed by atoms with E-state index in [1.54, 1.807) is 0 Å². The maximum Gasteiger partial charge on any atom is 0.187 e. The minimum Gasteiger partial charge on any atom is 0 e. The molecule has 0 nitrogen and oxygen atoms in total. The van der Waals surface area contributed by atoms with Crippen molar-refractivity contribution in [1.82, 2.24) is 0 Å². The second kappa shape index (κ2) is 26.3. The quantitative estimate of drug-likeness (QED) is 0.280. The summed E-state index contributed by atoms with van der Waals surface area (Å²) in [6.45, 7) is 0. The van der Waals surface area contributed by atoms with E-state index < -0.39 is 0 Å². The van der Waals surface area contributed by atoms with Gasteiger partial charge in [-0.3, -0.25) is 0 Å². The van der Waals surface area contributed by atoms with Crippen molar-refractivity contribution >= 4 is 34.2 Å². The molecule has 0 bridgehead atoms. The fourth-order valence-electron chi connectivity index (χ4n) is 0. The van der Waals surface area contributed by atoms with Crippen molar-refractivity contribution < 1.29 is 21.7 Å². The third-order valence-electron chi connectivity index (χ3n) is 0. The molecule has 0 unspecified atom stereocenters. The van der Waals surface area contributed by atoms with Gasteiger partial charge in [0.05, 0.1) is 16.8 Å². The van der Waals surface area contributed by atoms with Crippen molar-refractivity contribution in [2.24, 2.45) is 0 Å². The first-order valence-electron chi connectivity index (χ1n) is 0. The summed E-state index contributed by atoms with van der Waals surface area (Å²) in [7, 11) is 0. The summed E-state index contributed by atoms with van der Waals surface area (Å²) in [4.78, 5) is 0. The van der Waals surface area contributed by atoms with Gasteiger partial charge < -0.3 is 0 Å². The molecule has 4 heteroatoms. The molecule has 0 N–H and O–H groups in total. The summed E-state index contributed by atoms with van der Waals surface area (Å²) >= 11 is 0. The Morgan fingerprint density at radius 3 is 0.750 bits per heavy atom. The second-order valence-corrected chi connectivity index (χ2v) is 0. The predicted molar refractivity (Wildman–Crippen MR) is 29.8 cm³/mol. The first kappa shape index (κ1) is 54.3. The van der Waals surface area contributed by atoms with Gasteiger partial charge in [-0.25, -0.2) is 0 Å². The van der Waals surface area contributed by atoms with Crippen LogP contribution in [0.1, 0.15) is 0 Å². The van der Waals surface area contributed by atoms with E-state index >= 15 is 0 Å². The fraction of sp³-hybridized carbons (Fsp3) is 0. The van der Waals surface area contributed by atoms with Crippen molar-refractivity contribution in [1.29, 1.82) is 0 Å². The van der Waals surface area contributed by atoms with Gasteiger partial charge in [-0.05, 0) is 0 Å². The Bertz CT molecular complexity index is 6.00. The van der Waals surface area contributed by atoms with E-state index in [4.69, 9.17) is 0 Å². The Morgan fingerprint density at radius 1 is 0.750 bits per heavy atom. The first-order chi connectivity index (χ1) is 0. The van der Waals surface area contributed by atoms with Gasteiger partial charge in [-0.1, -0.05) is 0 Å². The van der Waals surface area contributed by atoms with Gasteiger partial charge in [0, 0.05) is 21.7 Å². The molecule has 0 heterocycles. The van der Waals surface area contributed by atoms with E-state index in [0.29, 0.717) is 0 Å². The van der Waals surface area contributed by atoms with Crippen LogP contribution in [0.3, 0.4) is 0 Å². The van der Waals surface area contributed by atoms with Crippen molar-refractivity contribution in [2.75, 3.05) is 0 Å². The number of hydrogen-bond acceptors (Lipinski definition) is 0. The molecule has 0 aromatic carbocycles. The SMILES string of the molecule is B.B.[AlH3].[Ti]. The molecule has 0 saturated heterocycles. The number of hydrogen-bond donors (Lipinski definition) is 0. The first-order valence-corrected chi connectivity index (χ1v) is 0. The normalized spacial score (nSPS) is 0. The van der Waals surface area contributed by atoms with Crippen LogP contribution in [0.25, 0.3) is 0 Å². The molecular weight excluding hydrogens is 96.5 g/mol. The minimum absolute atomic E-state index is 0. The van der Waals surface area contributed by atoms with E-state index in [1.807, 2.05) is 0 Å². The zero-order chi connectivity index (χ0) is 0. The molecule has 4 heavy (non-hydrogen) atoms. The maximum absolute atomic E-state index is 0. The zero-order valence-corrected chi connectivity index (χ0v) is 2.06. The Hall–Kier alpha value is 1.38. The van der Waals surface area contributed by atoms with Gasteiger partial charge in [0.15, 0.2) is 17.4 Å². The second-order valence-electron chi connectivity index (χ2n) is 0. The van der Waals surface area contributed by atoms with Gasteiger partial charge in [0.2, 0.25) is 0 Å². The van der Waals surface area contributed by atoms with Crippen LogP contribution in [0.15, 0.2) is 0 Å². The Kier molecular flexibility index (Phi) is 358. The van der Waals surface area contributed by atoms with Crippen LogP contribution in [-0.2, 0) is 21.7 Å². The molecular formula is H9AlB2Ti. The molecule has 0 amide bonds. The topological polar surface area (TPSA) is 0 Å². The van der Waals surface area contributed by atoms with Crippen molar-refractivity contribution in [3.63, 3.8) is 0 Å². The largest absolute Gasteiger partial charge is 0.187 e. The standard InChI is InChI=1S/Al.2BH3.Ti.3H/h;2*1H3;;;;. The third kappa shape index (κ3) is 10.1. The molecule has 0 aromatic heterocycles. The molecule has 0 atom stereocenters. The molecule has 0 aliphatic rings. The van der Waals surface area contributed by atoms with Crippen LogP contribution in [0, 0.1) is 0 Å². The summed E-state index contributed by atoms with van der Waals surface area (Å²) in [6.07, 6.45) is 0. The van der Waals surface area contributed by atoms with Crippen LogP contribution in [0.2, 0.25) is 0 Å². The average Bonchev–Trinajstić information content (AvgIpc) is 0. The summed E-state index contributed by atoms with van der Waals surface area (Å²) in [5, 5.41) is 0. The van der Waals surface area contributed by atoms with Crippen LogP contribution in [0.4, 0.5) is 0 Å². The van der Waals surface area contributed by atoms with E-state index in [0.717, 1.165) is 0 Å². The molecule has 22 valence electrons. The molecule has 0 saturated carbocycles. The third-order valence-corrected chi connectivity index (χ3v) is 0. The average molecular weight is 106 g/mol. The summed E-state index contributed by atoms with van der Waals surface area (Å²) < 4.78 is 0. The number of rotatable bonds is 0.